The number of carbonyl (C=O) groups excluding carboxylic acids is 1. The van der Waals surface area contributed by atoms with Gasteiger partial charge in [-0.2, -0.15) is 5.10 Å². The third-order valence-corrected chi connectivity index (χ3v) is 5.59. The maximum Gasteiger partial charge on any atom is 0.271 e. The molecule has 1 aromatic heterocycles. The molecule has 2 heterocycles. The smallest absolute Gasteiger partial charge is 0.271 e. The van der Waals surface area contributed by atoms with E-state index in [2.05, 4.69) is 53.4 Å². The summed E-state index contributed by atoms with van der Waals surface area (Å²) in [6.07, 6.45) is 2.61. The maximum atomic E-state index is 13.9. The molecule has 1 amide bonds. The lowest BCUT2D eigenvalue weighted by molar-refractivity contribution is 0.0822. The van der Waals surface area contributed by atoms with Gasteiger partial charge in [0.05, 0.1) is 0 Å². The highest BCUT2D eigenvalue weighted by atomic mass is 19.1. The van der Waals surface area contributed by atoms with E-state index in [1.807, 2.05) is 0 Å². The van der Waals surface area contributed by atoms with Crippen LogP contribution < -0.4 is 5.32 Å². The number of para-hydroxylation sites is 1. The average molecular weight is 392 g/mol. The van der Waals surface area contributed by atoms with Crippen molar-refractivity contribution in [2.75, 3.05) is 13.1 Å². The molecule has 29 heavy (non-hydrogen) atoms. The van der Waals surface area contributed by atoms with Crippen molar-refractivity contribution in [3.8, 4) is 5.69 Å². The summed E-state index contributed by atoms with van der Waals surface area (Å²) in [5.41, 5.74) is 3.15. The third kappa shape index (κ3) is 4.07. The van der Waals surface area contributed by atoms with Gasteiger partial charge in [-0.1, -0.05) is 36.4 Å². The van der Waals surface area contributed by atoms with Crippen molar-refractivity contribution in [1.29, 1.82) is 0 Å². The molecule has 0 saturated heterocycles. The van der Waals surface area contributed by atoms with Gasteiger partial charge in [-0.25, -0.2) is 9.07 Å². The van der Waals surface area contributed by atoms with Crippen molar-refractivity contribution < 1.29 is 9.18 Å². The fourth-order valence-electron chi connectivity index (χ4n) is 3.73. The first-order chi connectivity index (χ1) is 13.9. The van der Waals surface area contributed by atoms with Gasteiger partial charge >= 0.3 is 0 Å². The molecule has 0 saturated carbocycles. The van der Waals surface area contributed by atoms with E-state index in [4.69, 9.17) is 0 Å². The maximum absolute atomic E-state index is 13.9. The Hall–Kier alpha value is -2.99. The largest absolute Gasteiger partial charge is 0.349 e. The molecule has 4 rings (SSSR count). The Kier molecular flexibility index (Phi) is 5.20. The molecule has 0 spiro atoms. The van der Waals surface area contributed by atoms with Crippen molar-refractivity contribution in [3.63, 3.8) is 0 Å². The molecule has 1 aliphatic heterocycles. The quantitative estimate of drug-likeness (QED) is 0.722. The Morgan fingerprint density at radius 1 is 1.10 bits per heavy atom. The molecular formula is C23H25FN4O. The van der Waals surface area contributed by atoms with Crippen LogP contribution in [0.1, 0.15) is 35.5 Å². The summed E-state index contributed by atoms with van der Waals surface area (Å²) in [5, 5.41) is 7.22. The fourth-order valence-corrected chi connectivity index (χ4v) is 3.73. The third-order valence-electron chi connectivity index (χ3n) is 5.59. The van der Waals surface area contributed by atoms with E-state index in [1.165, 1.54) is 21.9 Å². The lowest BCUT2D eigenvalue weighted by Crippen LogP contribution is -2.53. The summed E-state index contributed by atoms with van der Waals surface area (Å²) in [6.45, 7) is 6.61. The minimum atomic E-state index is -0.380. The van der Waals surface area contributed by atoms with Gasteiger partial charge in [-0.05, 0) is 49.6 Å². The number of rotatable bonds is 5. The Morgan fingerprint density at radius 3 is 2.62 bits per heavy atom. The van der Waals surface area contributed by atoms with E-state index < -0.39 is 0 Å². The summed E-state index contributed by atoms with van der Waals surface area (Å²) in [4.78, 5) is 15.0. The summed E-state index contributed by atoms with van der Waals surface area (Å²) >= 11 is 0. The van der Waals surface area contributed by atoms with Gasteiger partial charge in [0.2, 0.25) is 0 Å². The molecule has 150 valence electrons. The average Bonchev–Trinajstić information content (AvgIpc) is 3.22. The van der Waals surface area contributed by atoms with Crippen LogP contribution in [-0.2, 0) is 13.0 Å². The minimum Gasteiger partial charge on any atom is -0.349 e. The predicted octanol–water partition coefficient (Wildman–Crippen LogP) is 3.58. The second kappa shape index (κ2) is 7.79. The van der Waals surface area contributed by atoms with E-state index in [0.29, 0.717) is 12.2 Å². The van der Waals surface area contributed by atoms with Crippen LogP contribution in [0.25, 0.3) is 5.69 Å². The number of nitrogens with one attached hydrogen (secondary N) is 1. The van der Waals surface area contributed by atoms with E-state index >= 15 is 0 Å². The van der Waals surface area contributed by atoms with Gasteiger partial charge in [0.15, 0.2) is 5.69 Å². The number of hydrogen-bond donors (Lipinski definition) is 1. The first-order valence-corrected chi connectivity index (χ1v) is 9.85. The van der Waals surface area contributed by atoms with Crippen LogP contribution >= 0.6 is 0 Å². The number of halogens is 1. The summed E-state index contributed by atoms with van der Waals surface area (Å²) < 4.78 is 15.3. The Bertz CT molecular complexity index is 1030. The molecule has 0 aliphatic carbocycles. The number of benzene rings is 2. The first kappa shape index (κ1) is 19.3. The number of aromatic nitrogens is 2. The van der Waals surface area contributed by atoms with Crippen molar-refractivity contribution in [3.05, 3.63) is 83.4 Å². The van der Waals surface area contributed by atoms with Crippen molar-refractivity contribution in [2.45, 2.75) is 32.4 Å². The molecular weight excluding hydrogens is 367 g/mol. The zero-order valence-electron chi connectivity index (χ0n) is 16.7. The van der Waals surface area contributed by atoms with Crippen molar-refractivity contribution in [2.24, 2.45) is 0 Å². The SMILES string of the molecule is CC(C)(CNC(=O)c1ccn(-c2ccccc2F)n1)N1CCc2ccccc2C1. The predicted molar refractivity (Wildman–Crippen MR) is 110 cm³/mol. The number of amides is 1. The van der Waals surface area contributed by atoms with Crippen LogP contribution in [0.15, 0.2) is 60.8 Å². The van der Waals surface area contributed by atoms with E-state index in [0.717, 1.165) is 19.5 Å². The molecule has 0 bridgehead atoms. The fraction of sp³-hybridized carbons (Fsp3) is 0.304. The minimum absolute atomic E-state index is 0.197. The van der Waals surface area contributed by atoms with E-state index in [-0.39, 0.29) is 23.0 Å². The molecule has 2 aromatic carbocycles. The van der Waals surface area contributed by atoms with Gasteiger partial charge < -0.3 is 5.32 Å². The van der Waals surface area contributed by atoms with Gasteiger partial charge in [0.1, 0.15) is 11.5 Å². The van der Waals surface area contributed by atoms with Crippen LogP contribution in [0, 0.1) is 5.82 Å². The molecule has 5 nitrogen and oxygen atoms in total. The molecule has 0 radical (unpaired) electrons. The molecule has 0 fully saturated rings. The number of hydrogen-bond acceptors (Lipinski definition) is 3. The highest BCUT2D eigenvalue weighted by Crippen LogP contribution is 2.25. The van der Waals surface area contributed by atoms with Crippen LogP contribution in [0.3, 0.4) is 0 Å². The second-order valence-electron chi connectivity index (χ2n) is 8.03. The van der Waals surface area contributed by atoms with Crippen LogP contribution in [0.4, 0.5) is 4.39 Å². The monoisotopic (exact) mass is 392 g/mol. The van der Waals surface area contributed by atoms with Gasteiger partial charge in [-0.15, -0.1) is 0 Å². The highest BCUT2D eigenvalue weighted by molar-refractivity contribution is 5.92. The lowest BCUT2D eigenvalue weighted by Gasteiger charge is -2.41. The van der Waals surface area contributed by atoms with E-state index in [9.17, 15) is 9.18 Å². The zero-order chi connectivity index (χ0) is 20.4. The zero-order valence-corrected chi connectivity index (χ0v) is 16.7. The van der Waals surface area contributed by atoms with Gasteiger partial charge in [-0.3, -0.25) is 9.69 Å². The standard InChI is InChI=1S/C23H25FN4O/c1-23(2,27-13-11-17-7-3-4-8-18(17)15-27)16-25-22(29)20-12-14-28(26-20)21-10-6-5-9-19(21)24/h3-10,12,14H,11,13,15-16H2,1-2H3,(H,25,29). The summed E-state index contributed by atoms with van der Waals surface area (Å²) in [5.74, 6) is -0.639. The lowest BCUT2D eigenvalue weighted by atomic mass is 9.94. The van der Waals surface area contributed by atoms with Crippen LogP contribution in [0.2, 0.25) is 0 Å². The second-order valence-corrected chi connectivity index (χ2v) is 8.03. The summed E-state index contributed by atoms with van der Waals surface area (Å²) in [7, 11) is 0. The molecule has 0 unspecified atom stereocenters. The number of fused-ring (bicyclic) bond motifs is 1. The normalized spacial score (nSPS) is 14.4. The Labute approximate surface area is 170 Å². The topological polar surface area (TPSA) is 50.2 Å². The van der Waals surface area contributed by atoms with Crippen LogP contribution in [0.5, 0.6) is 0 Å². The number of carbonyl (C=O) groups is 1. The van der Waals surface area contributed by atoms with Gasteiger partial charge in [0.25, 0.3) is 5.91 Å². The first-order valence-electron chi connectivity index (χ1n) is 9.85. The highest BCUT2D eigenvalue weighted by Gasteiger charge is 2.30. The van der Waals surface area contributed by atoms with Crippen LogP contribution in [-0.4, -0.2) is 39.2 Å². The molecule has 0 atom stereocenters. The van der Waals surface area contributed by atoms with E-state index in [1.54, 1.807) is 30.5 Å². The van der Waals surface area contributed by atoms with Crippen molar-refractivity contribution >= 4 is 5.91 Å². The Morgan fingerprint density at radius 2 is 1.83 bits per heavy atom. The summed E-state index contributed by atoms with van der Waals surface area (Å²) in [6, 6.07) is 16.5. The number of nitrogens with zero attached hydrogens (tertiary/aromatic N) is 3. The molecule has 3 aromatic rings. The molecule has 6 heteroatoms. The van der Waals surface area contributed by atoms with Gasteiger partial charge in [0, 0.05) is 31.4 Å². The molecule has 1 N–H and O–H groups in total. The Balaban J connectivity index is 1.40. The van der Waals surface area contributed by atoms with Crippen molar-refractivity contribution in [1.82, 2.24) is 20.0 Å². The molecule has 1 aliphatic rings.